The van der Waals surface area contributed by atoms with Crippen LogP contribution >= 0.6 is 0 Å². The molecule has 0 bridgehead atoms. The van der Waals surface area contributed by atoms with Crippen molar-refractivity contribution in [2.24, 2.45) is 0 Å². The average molecular weight is 141 g/mol. The molecule has 1 heterocycles. The second kappa shape index (κ2) is 2.81. The van der Waals surface area contributed by atoms with Gasteiger partial charge in [0.2, 0.25) is 0 Å². The lowest BCUT2D eigenvalue weighted by atomic mass is 9.80. The molecule has 4 heteroatoms. The molecular formula is C6H8BNO2. The molecule has 2 N–H and O–H groups in total. The Morgan fingerprint density at radius 3 is 3.00 bits per heavy atom. The minimum atomic E-state index is -2.42. The number of aryl methyl sites for hydroxylation is 1. The van der Waals surface area contributed by atoms with Crippen LogP contribution < -0.4 is 5.46 Å². The van der Waals surface area contributed by atoms with Gasteiger partial charge in [0.15, 0.2) is 0 Å². The van der Waals surface area contributed by atoms with Crippen LogP contribution in [0.15, 0.2) is 18.3 Å². The predicted octanol–water partition coefficient (Wildman–Crippen LogP) is -0.930. The summed E-state index contributed by atoms with van der Waals surface area (Å²) < 4.78 is 21.2. The van der Waals surface area contributed by atoms with Gasteiger partial charge >= 0.3 is 7.12 Å². The fourth-order valence-corrected chi connectivity index (χ4v) is 0.626. The molecule has 0 aliphatic carbocycles. The first-order valence-electron chi connectivity index (χ1n) is 4.24. The molecule has 52 valence electrons. The third-order valence-corrected chi connectivity index (χ3v) is 1.12. The van der Waals surface area contributed by atoms with Gasteiger partial charge in [0.05, 0.1) is 0 Å². The summed E-state index contributed by atoms with van der Waals surface area (Å²) in [6.07, 6.45) is 1.30. The molecule has 0 aliphatic heterocycles. The van der Waals surface area contributed by atoms with Gasteiger partial charge in [-0.1, -0.05) is 6.07 Å². The summed E-state index contributed by atoms with van der Waals surface area (Å²) in [5.41, 5.74) is -0.354. The molecule has 0 aliphatic rings. The lowest BCUT2D eigenvalue weighted by Gasteiger charge is -2.00. The van der Waals surface area contributed by atoms with Crippen molar-refractivity contribution < 1.29 is 14.2 Å². The highest BCUT2D eigenvalue weighted by atomic mass is 16.4. The van der Waals surface area contributed by atoms with E-state index >= 15 is 0 Å². The topological polar surface area (TPSA) is 53.4 Å². The maximum absolute atomic E-state index is 8.83. The Morgan fingerprint density at radius 2 is 2.50 bits per heavy atom. The second-order valence-corrected chi connectivity index (χ2v) is 1.81. The van der Waals surface area contributed by atoms with Crippen molar-refractivity contribution >= 4 is 12.6 Å². The quantitative estimate of drug-likeness (QED) is 0.392. The molecule has 0 unspecified atom stereocenters. The summed E-state index contributed by atoms with van der Waals surface area (Å²) in [6.45, 7) is -2.42. The van der Waals surface area contributed by atoms with Crippen LogP contribution in [0.25, 0.3) is 0 Å². The normalized spacial score (nSPS) is 15.2. The zero-order valence-electron chi connectivity index (χ0n) is 8.15. The molecule has 0 spiro atoms. The number of hydrogen-bond acceptors (Lipinski definition) is 3. The van der Waals surface area contributed by atoms with Crippen LogP contribution in [-0.2, 0) is 0 Å². The summed E-state index contributed by atoms with van der Waals surface area (Å²) in [5, 5.41) is 17.7. The fraction of sp³-hybridized carbons (Fsp3) is 0.167. The minimum absolute atomic E-state index is 0.0810. The summed E-state index contributed by atoms with van der Waals surface area (Å²) >= 11 is 0. The summed E-state index contributed by atoms with van der Waals surface area (Å²) in [6, 6.07) is 2.77. The first kappa shape index (κ1) is 4.11. The van der Waals surface area contributed by atoms with E-state index in [4.69, 9.17) is 14.2 Å². The van der Waals surface area contributed by atoms with Crippen molar-refractivity contribution in [1.82, 2.24) is 4.98 Å². The number of pyridine rings is 1. The molecule has 0 saturated heterocycles. The number of hydrogen-bond donors (Lipinski definition) is 2. The highest BCUT2D eigenvalue weighted by Crippen LogP contribution is 1.87. The van der Waals surface area contributed by atoms with Crippen molar-refractivity contribution in [3.63, 3.8) is 0 Å². The highest BCUT2D eigenvalue weighted by Gasteiger charge is 2.12. The molecule has 0 atom stereocenters. The van der Waals surface area contributed by atoms with E-state index < -0.39 is 14.0 Å². The Morgan fingerprint density at radius 1 is 1.70 bits per heavy atom. The van der Waals surface area contributed by atoms with Gasteiger partial charge < -0.3 is 10.0 Å². The smallest absolute Gasteiger partial charge is 0.423 e. The number of rotatable bonds is 1. The Kier molecular flexibility index (Phi) is 1.15. The minimum Gasteiger partial charge on any atom is -0.423 e. The Balaban J connectivity index is 3.20. The molecule has 0 radical (unpaired) electrons. The average Bonchev–Trinajstić information content (AvgIpc) is 2.03. The Bertz CT molecular complexity index is 302. The first-order chi connectivity index (χ1) is 5.93. The summed E-state index contributed by atoms with van der Waals surface area (Å²) in [4.78, 5) is 3.59. The van der Waals surface area contributed by atoms with E-state index in [-0.39, 0.29) is 11.2 Å². The monoisotopic (exact) mass is 141 g/mol. The standard InChI is InChI=1S/C6H8BNO2/c1-5-6(7(9)10)3-2-4-8-5/h2-4,9-10H,1H3/i1+1D3. The van der Waals surface area contributed by atoms with E-state index in [1.54, 1.807) is 0 Å². The van der Waals surface area contributed by atoms with E-state index in [9.17, 15) is 0 Å². The van der Waals surface area contributed by atoms with Gasteiger partial charge in [-0.05, 0) is 12.9 Å². The van der Waals surface area contributed by atoms with Crippen LogP contribution in [-0.4, -0.2) is 22.2 Å². The van der Waals surface area contributed by atoms with Crippen LogP contribution in [0.4, 0.5) is 0 Å². The van der Waals surface area contributed by atoms with Gasteiger partial charge in [0, 0.05) is 21.5 Å². The third-order valence-electron chi connectivity index (χ3n) is 1.12. The second-order valence-electron chi connectivity index (χ2n) is 1.81. The molecule has 1 aromatic rings. The van der Waals surface area contributed by atoms with Gasteiger partial charge in [0.25, 0.3) is 0 Å². The van der Waals surface area contributed by atoms with Gasteiger partial charge in [-0.2, -0.15) is 0 Å². The first-order valence-corrected chi connectivity index (χ1v) is 2.74. The zero-order valence-corrected chi connectivity index (χ0v) is 5.15. The molecule has 1 aromatic heterocycles. The Labute approximate surface area is 63.7 Å². The molecule has 0 saturated carbocycles. The largest absolute Gasteiger partial charge is 0.490 e. The van der Waals surface area contributed by atoms with E-state index in [1.165, 1.54) is 18.3 Å². The van der Waals surface area contributed by atoms with Gasteiger partial charge in [-0.15, -0.1) is 0 Å². The van der Waals surface area contributed by atoms with Crippen LogP contribution in [0.5, 0.6) is 0 Å². The lowest BCUT2D eigenvalue weighted by molar-refractivity contribution is 0.425. The lowest BCUT2D eigenvalue weighted by Crippen LogP contribution is -2.32. The number of nitrogens with zero attached hydrogens (tertiary/aromatic N) is 1. The maximum atomic E-state index is 8.83. The zero-order chi connectivity index (χ0) is 10.1. The van der Waals surface area contributed by atoms with Crippen LogP contribution in [0.3, 0.4) is 0 Å². The van der Waals surface area contributed by atoms with Crippen molar-refractivity contribution in [2.45, 2.75) is 6.85 Å². The fourth-order valence-electron chi connectivity index (χ4n) is 0.626. The van der Waals surface area contributed by atoms with Crippen LogP contribution in [0.1, 0.15) is 9.81 Å². The molecule has 10 heavy (non-hydrogen) atoms. The van der Waals surface area contributed by atoms with Crippen molar-refractivity contribution in [3.8, 4) is 0 Å². The third kappa shape index (κ3) is 1.34. The van der Waals surface area contributed by atoms with E-state index in [0.29, 0.717) is 0 Å². The van der Waals surface area contributed by atoms with E-state index in [1.807, 2.05) is 0 Å². The van der Waals surface area contributed by atoms with Crippen molar-refractivity contribution in [2.75, 3.05) is 0 Å². The van der Waals surface area contributed by atoms with Gasteiger partial charge in [-0.3, -0.25) is 4.98 Å². The molecule has 0 amide bonds. The summed E-state index contributed by atoms with van der Waals surface area (Å²) in [5.74, 6) is 0. The summed E-state index contributed by atoms with van der Waals surface area (Å²) in [7, 11) is -1.80. The molecular weight excluding hydrogens is 130 g/mol. The number of aromatic nitrogens is 1. The molecule has 3 nitrogen and oxygen atoms in total. The van der Waals surface area contributed by atoms with Crippen LogP contribution in [0, 0.1) is 6.85 Å². The SMILES string of the molecule is [2H][13C]([2H])([2H])c1ncccc1B(O)O. The van der Waals surface area contributed by atoms with Crippen molar-refractivity contribution in [1.29, 1.82) is 0 Å². The predicted molar refractivity (Wildman–Crippen MR) is 38.8 cm³/mol. The van der Waals surface area contributed by atoms with E-state index in [2.05, 4.69) is 4.98 Å². The van der Waals surface area contributed by atoms with Crippen LogP contribution in [0.2, 0.25) is 0 Å². The van der Waals surface area contributed by atoms with Gasteiger partial charge in [-0.25, -0.2) is 0 Å². The molecule has 0 fully saturated rings. The van der Waals surface area contributed by atoms with Gasteiger partial charge in [0.1, 0.15) is 0 Å². The highest BCUT2D eigenvalue weighted by molar-refractivity contribution is 6.59. The Hall–Kier alpha value is -0.865. The maximum Gasteiger partial charge on any atom is 0.490 e. The molecule has 1 rings (SSSR count). The molecule has 0 aromatic carbocycles. The van der Waals surface area contributed by atoms with E-state index in [0.717, 1.165) is 0 Å². The van der Waals surface area contributed by atoms with Crippen molar-refractivity contribution in [3.05, 3.63) is 24.0 Å².